The van der Waals surface area contributed by atoms with Crippen LogP contribution in [0.3, 0.4) is 0 Å². The molecule has 0 fully saturated rings. The summed E-state index contributed by atoms with van der Waals surface area (Å²) in [4.78, 5) is 0. The summed E-state index contributed by atoms with van der Waals surface area (Å²) in [6, 6.07) is 0. The summed E-state index contributed by atoms with van der Waals surface area (Å²) in [5.74, 6) is 0.360. The number of aliphatic hydroxyl groups is 2. The van der Waals surface area contributed by atoms with Crippen LogP contribution < -0.4 is 0 Å². The van der Waals surface area contributed by atoms with Crippen LogP contribution in [-0.4, -0.2) is 47.9 Å². The Morgan fingerprint density at radius 3 is 2.06 bits per heavy atom. The highest BCUT2D eigenvalue weighted by molar-refractivity contribution is 8.04. The number of hydrogen-bond acceptors (Lipinski definition) is 6. The molecule has 0 aromatic heterocycles. The Morgan fingerprint density at radius 1 is 1.19 bits per heavy atom. The van der Waals surface area contributed by atoms with Gasteiger partial charge < -0.3 is 19.3 Å². The highest BCUT2D eigenvalue weighted by Gasteiger charge is 2.23. The summed E-state index contributed by atoms with van der Waals surface area (Å²) in [5, 5.41) is 17.7. The van der Waals surface area contributed by atoms with E-state index in [1.165, 1.54) is 11.8 Å². The Balaban J connectivity index is 3.97. The predicted octanol–water partition coefficient (Wildman–Crippen LogP) is 1.54. The van der Waals surface area contributed by atoms with E-state index in [0.29, 0.717) is 19.0 Å². The maximum absolute atomic E-state index is 12.0. The van der Waals surface area contributed by atoms with E-state index in [1.807, 2.05) is 0 Å². The van der Waals surface area contributed by atoms with Gasteiger partial charge in [0.1, 0.15) is 0 Å². The topological polar surface area (TPSA) is 76.0 Å². The van der Waals surface area contributed by atoms with Crippen LogP contribution in [0.2, 0.25) is 0 Å². The van der Waals surface area contributed by atoms with Crippen molar-refractivity contribution in [2.45, 2.75) is 13.8 Å². The number of hydrogen-bond donors (Lipinski definition) is 2. The third-order valence-corrected chi connectivity index (χ3v) is 5.78. The average Bonchev–Trinajstić information content (AvgIpc) is 2.25. The Morgan fingerprint density at radius 2 is 1.69 bits per heavy atom. The van der Waals surface area contributed by atoms with Crippen LogP contribution in [0.15, 0.2) is 0 Å². The van der Waals surface area contributed by atoms with Gasteiger partial charge in [-0.15, -0.1) is 11.8 Å². The average molecular weight is 272 g/mol. The van der Waals surface area contributed by atoms with Crippen molar-refractivity contribution in [3.05, 3.63) is 0 Å². The molecule has 0 spiro atoms. The predicted molar refractivity (Wildman–Crippen MR) is 65.8 cm³/mol. The van der Waals surface area contributed by atoms with Gasteiger partial charge in [-0.2, -0.15) is 0 Å². The number of rotatable bonds is 10. The standard InChI is InChI=1S/C9H21O5PS/c1-3-13-15(12,14-4-2)8-16-7-9(5-10)6-11/h9-11H,3-8H2,1-2H3. The van der Waals surface area contributed by atoms with Crippen LogP contribution >= 0.6 is 19.4 Å². The minimum absolute atomic E-state index is 0.0723. The van der Waals surface area contributed by atoms with Crippen LogP contribution in [0.4, 0.5) is 0 Å². The lowest BCUT2D eigenvalue weighted by Crippen LogP contribution is -2.14. The van der Waals surface area contributed by atoms with Crippen LogP contribution in [-0.2, 0) is 13.6 Å². The zero-order valence-electron chi connectivity index (χ0n) is 9.79. The molecule has 0 rings (SSSR count). The molecule has 0 bridgehead atoms. The molecule has 0 saturated carbocycles. The Labute approximate surface area is 101 Å². The molecule has 0 heterocycles. The van der Waals surface area contributed by atoms with Crippen molar-refractivity contribution in [2.75, 3.05) is 37.7 Å². The summed E-state index contributed by atoms with van der Waals surface area (Å²) in [6.45, 7) is 4.08. The van der Waals surface area contributed by atoms with E-state index in [9.17, 15) is 4.57 Å². The second-order valence-electron chi connectivity index (χ2n) is 3.18. The summed E-state index contributed by atoms with van der Waals surface area (Å²) >= 11 is 1.36. The minimum atomic E-state index is -3.00. The molecule has 0 aliphatic heterocycles. The molecular weight excluding hydrogens is 251 g/mol. The fourth-order valence-electron chi connectivity index (χ4n) is 1.000. The lowest BCUT2D eigenvalue weighted by Gasteiger charge is -2.17. The van der Waals surface area contributed by atoms with E-state index >= 15 is 0 Å². The molecule has 0 unspecified atom stereocenters. The van der Waals surface area contributed by atoms with Crippen molar-refractivity contribution >= 4 is 19.4 Å². The zero-order chi connectivity index (χ0) is 12.4. The zero-order valence-corrected chi connectivity index (χ0v) is 11.5. The summed E-state index contributed by atoms with van der Waals surface area (Å²) < 4.78 is 22.2. The third kappa shape index (κ3) is 6.89. The van der Waals surface area contributed by atoms with Gasteiger partial charge in [-0.1, -0.05) is 0 Å². The Hall–Kier alpha value is 0.420. The monoisotopic (exact) mass is 272 g/mol. The van der Waals surface area contributed by atoms with Crippen molar-refractivity contribution in [1.29, 1.82) is 0 Å². The SMILES string of the molecule is CCOP(=O)(CSCC(CO)CO)OCC. The molecule has 0 atom stereocenters. The second-order valence-corrected chi connectivity index (χ2v) is 6.69. The van der Waals surface area contributed by atoms with E-state index in [-0.39, 0.29) is 24.6 Å². The largest absolute Gasteiger partial charge is 0.396 e. The minimum Gasteiger partial charge on any atom is -0.396 e. The fraction of sp³-hybridized carbons (Fsp3) is 1.00. The Bertz CT molecular complexity index is 200. The van der Waals surface area contributed by atoms with Crippen molar-refractivity contribution in [3.8, 4) is 0 Å². The molecule has 0 aliphatic rings. The second kappa shape index (κ2) is 9.45. The number of thioether (sulfide) groups is 1. The highest BCUT2D eigenvalue weighted by Crippen LogP contribution is 2.50. The number of aliphatic hydroxyl groups excluding tert-OH is 2. The van der Waals surface area contributed by atoms with Crippen molar-refractivity contribution in [3.63, 3.8) is 0 Å². The van der Waals surface area contributed by atoms with Gasteiger partial charge in [-0.25, -0.2) is 0 Å². The van der Waals surface area contributed by atoms with Gasteiger partial charge in [0.15, 0.2) is 0 Å². The lowest BCUT2D eigenvalue weighted by atomic mass is 10.2. The molecule has 0 saturated heterocycles. The molecule has 0 radical (unpaired) electrons. The highest BCUT2D eigenvalue weighted by atomic mass is 32.2. The van der Waals surface area contributed by atoms with Gasteiger partial charge in [0.2, 0.25) is 0 Å². The molecule has 0 amide bonds. The van der Waals surface area contributed by atoms with Gasteiger partial charge in [0, 0.05) is 24.9 Å². The summed E-state index contributed by atoms with van der Waals surface area (Å²) in [5.41, 5.74) is 0.255. The van der Waals surface area contributed by atoms with Gasteiger partial charge >= 0.3 is 7.60 Å². The molecule has 0 aliphatic carbocycles. The smallest absolute Gasteiger partial charge is 0.340 e. The first kappa shape index (κ1) is 16.4. The third-order valence-electron chi connectivity index (χ3n) is 1.77. The normalized spacial score (nSPS) is 12.3. The maximum atomic E-state index is 12.0. The van der Waals surface area contributed by atoms with Gasteiger partial charge in [0.05, 0.1) is 18.7 Å². The van der Waals surface area contributed by atoms with E-state index in [0.717, 1.165) is 0 Å². The van der Waals surface area contributed by atoms with E-state index in [1.54, 1.807) is 13.8 Å². The maximum Gasteiger partial charge on any atom is 0.340 e. The molecule has 0 aromatic rings. The molecule has 0 aromatic carbocycles. The van der Waals surface area contributed by atoms with Crippen molar-refractivity contribution in [2.24, 2.45) is 5.92 Å². The summed E-state index contributed by atoms with van der Waals surface area (Å²) in [7, 11) is -3.00. The first-order chi connectivity index (χ1) is 7.61. The van der Waals surface area contributed by atoms with Crippen molar-refractivity contribution in [1.82, 2.24) is 0 Å². The van der Waals surface area contributed by atoms with E-state index < -0.39 is 7.60 Å². The van der Waals surface area contributed by atoms with Gasteiger partial charge in [0.25, 0.3) is 0 Å². The Kier molecular flexibility index (Phi) is 9.70. The van der Waals surface area contributed by atoms with Crippen molar-refractivity contribution < 1.29 is 23.8 Å². The summed E-state index contributed by atoms with van der Waals surface area (Å²) in [6.07, 6.45) is 0. The fourth-order valence-corrected chi connectivity index (χ4v) is 4.32. The van der Waals surface area contributed by atoms with E-state index in [2.05, 4.69) is 0 Å². The van der Waals surface area contributed by atoms with E-state index in [4.69, 9.17) is 19.3 Å². The molecule has 2 N–H and O–H groups in total. The van der Waals surface area contributed by atoms with Gasteiger partial charge in [-0.05, 0) is 13.8 Å². The lowest BCUT2D eigenvalue weighted by molar-refractivity contribution is 0.164. The van der Waals surface area contributed by atoms with Crippen LogP contribution in [0, 0.1) is 5.92 Å². The van der Waals surface area contributed by atoms with Crippen LogP contribution in [0.25, 0.3) is 0 Å². The van der Waals surface area contributed by atoms with Gasteiger partial charge in [-0.3, -0.25) is 4.57 Å². The van der Waals surface area contributed by atoms with Crippen LogP contribution in [0.5, 0.6) is 0 Å². The first-order valence-corrected chi connectivity index (χ1v) is 8.17. The molecular formula is C9H21O5PS. The molecule has 98 valence electrons. The quantitative estimate of drug-likeness (QED) is 0.588. The molecule has 7 heteroatoms. The first-order valence-electron chi connectivity index (χ1n) is 5.29. The molecule has 16 heavy (non-hydrogen) atoms. The molecule has 5 nitrogen and oxygen atoms in total. The van der Waals surface area contributed by atoms with Crippen LogP contribution in [0.1, 0.15) is 13.8 Å².